The Bertz CT molecular complexity index is 922. The minimum absolute atomic E-state index is 0.00484. The maximum absolute atomic E-state index is 13.0. The smallest absolute Gasteiger partial charge is 0.349 e. The molecule has 0 radical (unpaired) electrons. The van der Waals surface area contributed by atoms with Gasteiger partial charge in [0.15, 0.2) is 0 Å². The van der Waals surface area contributed by atoms with Crippen LogP contribution in [0.3, 0.4) is 0 Å². The molecule has 0 aliphatic carbocycles. The summed E-state index contributed by atoms with van der Waals surface area (Å²) in [4.78, 5) is 13.8. The van der Waals surface area contributed by atoms with Crippen molar-refractivity contribution >= 4 is 56.2 Å². The van der Waals surface area contributed by atoms with Crippen LogP contribution in [0.25, 0.3) is 0 Å². The first kappa shape index (κ1) is 19.4. The van der Waals surface area contributed by atoms with E-state index in [4.69, 9.17) is 23.2 Å². The van der Waals surface area contributed by atoms with E-state index in [-0.39, 0.29) is 14.1 Å². The molecule has 140 valence electrons. The van der Waals surface area contributed by atoms with Crippen molar-refractivity contribution in [3.63, 3.8) is 0 Å². The van der Waals surface area contributed by atoms with Crippen molar-refractivity contribution in [3.05, 3.63) is 44.6 Å². The first-order chi connectivity index (χ1) is 12.3. The Morgan fingerprint density at radius 2 is 1.85 bits per heavy atom. The second kappa shape index (κ2) is 7.74. The second-order valence-corrected chi connectivity index (χ2v) is 9.63. The van der Waals surface area contributed by atoms with Crippen LogP contribution in [0.4, 0.5) is 5.69 Å². The lowest BCUT2D eigenvalue weighted by Gasteiger charge is -2.35. The standard InChI is InChI=1S/C16H16Cl2N2O4S2/c1-24-16(21)15-13(10-14(18)25-15)26(22,23)20-7-5-19(6-8-20)12-4-2-3-11(17)9-12/h2-4,9-10H,5-8H2,1H3. The molecule has 2 aromatic rings. The van der Waals surface area contributed by atoms with Crippen molar-refractivity contribution in [2.24, 2.45) is 0 Å². The van der Waals surface area contributed by atoms with Gasteiger partial charge in [-0.05, 0) is 24.3 Å². The molecule has 0 saturated carbocycles. The zero-order valence-electron chi connectivity index (χ0n) is 13.8. The van der Waals surface area contributed by atoms with Gasteiger partial charge in [-0.25, -0.2) is 13.2 Å². The molecule has 0 atom stereocenters. The number of carbonyl (C=O) groups excluding carboxylic acids is 1. The molecule has 1 aliphatic rings. The molecule has 6 nitrogen and oxygen atoms in total. The van der Waals surface area contributed by atoms with Gasteiger partial charge < -0.3 is 9.64 Å². The van der Waals surface area contributed by atoms with Crippen molar-refractivity contribution in [3.8, 4) is 0 Å². The van der Waals surface area contributed by atoms with E-state index < -0.39 is 16.0 Å². The highest BCUT2D eigenvalue weighted by molar-refractivity contribution is 7.89. The van der Waals surface area contributed by atoms with Gasteiger partial charge in [0.05, 0.1) is 11.4 Å². The van der Waals surface area contributed by atoms with Crippen LogP contribution in [0.15, 0.2) is 35.2 Å². The van der Waals surface area contributed by atoms with Crippen molar-refractivity contribution in [1.29, 1.82) is 0 Å². The average molecular weight is 435 g/mol. The molecule has 3 rings (SSSR count). The fourth-order valence-corrected chi connectivity index (χ4v) is 6.08. The molecule has 1 aromatic heterocycles. The first-order valence-corrected chi connectivity index (χ1v) is 10.7. The molecule has 1 aliphatic heterocycles. The number of piperazine rings is 1. The summed E-state index contributed by atoms with van der Waals surface area (Å²) < 4.78 is 32.2. The number of anilines is 1. The molecule has 0 N–H and O–H groups in total. The quantitative estimate of drug-likeness (QED) is 0.690. The molecule has 1 fully saturated rings. The van der Waals surface area contributed by atoms with E-state index in [9.17, 15) is 13.2 Å². The fourth-order valence-electron chi connectivity index (χ4n) is 2.77. The lowest BCUT2D eigenvalue weighted by atomic mass is 10.2. The number of esters is 1. The SMILES string of the molecule is COC(=O)c1sc(Cl)cc1S(=O)(=O)N1CCN(c2cccc(Cl)c2)CC1. The topological polar surface area (TPSA) is 66.9 Å². The van der Waals surface area contributed by atoms with E-state index in [0.29, 0.717) is 31.2 Å². The van der Waals surface area contributed by atoms with Gasteiger partial charge in [0.2, 0.25) is 10.0 Å². The number of benzene rings is 1. The van der Waals surface area contributed by atoms with Gasteiger partial charge in [0.25, 0.3) is 0 Å². The monoisotopic (exact) mass is 434 g/mol. The summed E-state index contributed by atoms with van der Waals surface area (Å²) in [5.74, 6) is -0.710. The second-order valence-electron chi connectivity index (χ2n) is 5.61. The molecule has 26 heavy (non-hydrogen) atoms. The van der Waals surface area contributed by atoms with E-state index >= 15 is 0 Å². The van der Waals surface area contributed by atoms with Crippen LogP contribution < -0.4 is 4.90 Å². The normalized spacial score (nSPS) is 15.9. The van der Waals surface area contributed by atoms with E-state index in [1.165, 1.54) is 17.5 Å². The highest BCUT2D eigenvalue weighted by atomic mass is 35.5. The van der Waals surface area contributed by atoms with Crippen LogP contribution in [0.5, 0.6) is 0 Å². The molecule has 0 amide bonds. The van der Waals surface area contributed by atoms with Gasteiger partial charge in [-0.15, -0.1) is 11.3 Å². The lowest BCUT2D eigenvalue weighted by molar-refractivity contribution is 0.0602. The summed E-state index contributed by atoms with van der Waals surface area (Å²) in [6, 6.07) is 8.73. The van der Waals surface area contributed by atoms with Crippen molar-refractivity contribution in [2.45, 2.75) is 4.90 Å². The van der Waals surface area contributed by atoms with Gasteiger partial charge in [-0.3, -0.25) is 0 Å². The minimum atomic E-state index is -3.84. The largest absolute Gasteiger partial charge is 0.465 e. The van der Waals surface area contributed by atoms with Crippen molar-refractivity contribution in [1.82, 2.24) is 4.31 Å². The Morgan fingerprint density at radius 1 is 1.15 bits per heavy atom. The Labute approximate surface area is 165 Å². The molecular formula is C16H16Cl2N2O4S2. The zero-order chi connectivity index (χ0) is 18.9. The number of carbonyl (C=O) groups is 1. The summed E-state index contributed by atoms with van der Waals surface area (Å²) in [6.07, 6.45) is 0. The van der Waals surface area contributed by atoms with E-state index in [1.807, 2.05) is 18.2 Å². The lowest BCUT2D eigenvalue weighted by Crippen LogP contribution is -2.48. The third-order valence-corrected chi connectivity index (χ3v) is 7.60. The Kier molecular flexibility index (Phi) is 5.78. The average Bonchev–Trinajstić information content (AvgIpc) is 3.04. The number of hydrogen-bond donors (Lipinski definition) is 0. The van der Waals surface area contributed by atoms with Crippen LogP contribution in [0.1, 0.15) is 9.67 Å². The highest BCUT2D eigenvalue weighted by Gasteiger charge is 2.34. The van der Waals surface area contributed by atoms with E-state index in [0.717, 1.165) is 17.0 Å². The van der Waals surface area contributed by atoms with Crippen LogP contribution in [0, 0.1) is 0 Å². The zero-order valence-corrected chi connectivity index (χ0v) is 17.0. The number of nitrogens with zero attached hydrogens (tertiary/aromatic N) is 2. The maximum atomic E-state index is 13.0. The van der Waals surface area contributed by atoms with Crippen molar-refractivity contribution < 1.29 is 17.9 Å². The predicted molar refractivity (Wildman–Crippen MR) is 103 cm³/mol. The Balaban J connectivity index is 1.80. The number of methoxy groups -OCH3 is 1. The number of thiophene rings is 1. The molecule has 2 heterocycles. The van der Waals surface area contributed by atoms with Gasteiger partial charge in [0.1, 0.15) is 9.77 Å². The minimum Gasteiger partial charge on any atom is -0.465 e. The van der Waals surface area contributed by atoms with Gasteiger partial charge in [-0.1, -0.05) is 29.3 Å². The predicted octanol–water partition coefficient (Wildman–Crippen LogP) is 3.35. The number of rotatable bonds is 4. The third-order valence-electron chi connectivity index (χ3n) is 4.07. The summed E-state index contributed by atoms with van der Waals surface area (Å²) in [7, 11) is -2.63. The summed E-state index contributed by atoms with van der Waals surface area (Å²) in [5, 5.41) is 0.633. The van der Waals surface area contributed by atoms with Crippen LogP contribution >= 0.6 is 34.5 Å². The molecule has 10 heteroatoms. The highest BCUT2D eigenvalue weighted by Crippen LogP contribution is 2.33. The number of halogens is 2. The van der Waals surface area contributed by atoms with Crippen LogP contribution in [0.2, 0.25) is 9.36 Å². The number of sulfonamides is 1. The van der Waals surface area contributed by atoms with Crippen LogP contribution in [-0.2, 0) is 14.8 Å². The molecule has 1 aromatic carbocycles. The molecule has 0 spiro atoms. The van der Waals surface area contributed by atoms with Gasteiger partial charge in [-0.2, -0.15) is 4.31 Å². The maximum Gasteiger partial charge on any atom is 0.349 e. The number of hydrogen-bond acceptors (Lipinski definition) is 6. The fraction of sp³-hybridized carbons (Fsp3) is 0.312. The molecule has 0 bridgehead atoms. The van der Waals surface area contributed by atoms with Gasteiger partial charge >= 0.3 is 5.97 Å². The van der Waals surface area contributed by atoms with E-state index in [2.05, 4.69) is 9.64 Å². The van der Waals surface area contributed by atoms with E-state index in [1.54, 1.807) is 6.07 Å². The first-order valence-electron chi connectivity index (χ1n) is 7.71. The summed E-state index contributed by atoms with van der Waals surface area (Å²) >= 11 is 12.9. The summed E-state index contributed by atoms with van der Waals surface area (Å²) in [5.41, 5.74) is 0.948. The Hall–Kier alpha value is -1.32. The van der Waals surface area contributed by atoms with Crippen LogP contribution in [-0.4, -0.2) is 52.0 Å². The molecule has 0 unspecified atom stereocenters. The molecule has 1 saturated heterocycles. The van der Waals surface area contributed by atoms with Gasteiger partial charge in [0, 0.05) is 36.9 Å². The summed E-state index contributed by atoms with van der Waals surface area (Å²) in [6.45, 7) is 1.63. The molecular weight excluding hydrogens is 419 g/mol. The third kappa shape index (κ3) is 3.84. The Morgan fingerprint density at radius 3 is 2.46 bits per heavy atom. The van der Waals surface area contributed by atoms with Crippen molar-refractivity contribution in [2.75, 3.05) is 38.2 Å². The number of ether oxygens (including phenoxy) is 1.